The van der Waals surface area contributed by atoms with E-state index in [2.05, 4.69) is 29.6 Å². The lowest BCUT2D eigenvalue weighted by Crippen LogP contribution is -2.50. The predicted molar refractivity (Wildman–Crippen MR) is 98.2 cm³/mol. The van der Waals surface area contributed by atoms with Crippen LogP contribution < -0.4 is 0 Å². The first kappa shape index (κ1) is 24.0. The van der Waals surface area contributed by atoms with Gasteiger partial charge >= 0.3 is 15.6 Å². The Bertz CT molecular complexity index is 607. The van der Waals surface area contributed by atoms with Crippen LogP contribution in [0.4, 0.5) is 0 Å². The summed E-state index contributed by atoms with van der Waals surface area (Å²) in [6.07, 6.45) is 4.77. The summed E-state index contributed by atoms with van der Waals surface area (Å²) in [5.41, 5.74) is 0.160. The second-order valence-corrected chi connectivity index (χ2v) is 10.9. The average molecular weight is 414 g/mol. The second-order valence-electron chi connectivity index (χ2n) is 8.10. The number of aliphatic hydroxyl groups is 1. The van der Waals surface area contributed by atoms with Crippen molar-refractivity contribution in [1.29, 1.82) is 0 Å². The monoisotopic (exact) mass is 414 g/mol. The maximum atomic E-state index is 11.4. The van der Waals surface area contributed by atoms with E-state index in [1.54, 1.807) is 6.08 Å². The summed E-state index contributed by atoms with van der Waals surface area (Å²) < 4.78 is 30.2. The zero-order valence-electron chi connectivity index (χ0n) is 16.1. The topological polar surface area (TPSA) is 134 Å². The highest BCUT2D eigenvalue weighted by atomic mass is 31.3. The molecule has 1 aliphatic rings. The first-order chi connectivity index (χ1) is 11.6. The molecular formula is C16H32O8P2. The van der Waals surface area contributed by atoms with E-state index in [1.165, 1.54) is 0 Å². The van der Waals surface area contributed by atoms with Crippen LogP contribution in [0.3, 0.4) is 0 Å². The molecule has 8 nitrogen and oxygen atoms in total. The highest BCUT2D eigenvalue weighted by Crippen LogP contribution is 2.57. The van der Waals surface area contributed by atoms with Crippen molar-refractivity contribution in [3.05, 3.63) is 11.6 Å². The van der Waals surface area contributed by atoms with E-state index >= 15 is 0 Å². The molecule has 0 aromatic heterocycles. The number of phosphoric acid groups is 2. The van der Waals surface area contributed by atoms with Crippen LogP contribution in [0.15, 0.2) is 11.6 Å². The fourth-order valence-electron chi connectivity index (χ4n) is 3.79. The molecule has 154 valence electrons. The second kappa shape index (κ2) is 8.54. The van der Waals surface area contributed by atoms with Crippen LogP contribution in [0.5, 0.6) is 0 Å². The number of rotatable bonds is 8. The van der Waals surface area contributed by atoms with Crippen molar-refractivity contribution in [3.8, 4) is 0 Å². The molecule has 0 amide bonds. The molecule has 0 spiro atoms. The first-order valence-corrected chi connectivity index (χ1v) is 11.7. The third kappa shape index (κ3) is 7.17. The summed E-state index contributed by atoms with van der Waals surface area (Å²) in [5, 5.41) is 10.8. The largest absolute Gasteiger partial charge is 0.481 e. The lowest BCUT2D eigenvalue weighted by Gasteiger charge is -2.52. The zero-order chi connectivity index (χ0) is 20.4. The van der Waals surface area contributed by atoms with Gasteiger partial charge in [0.05, 0.1) is 12.2 Å². The van der Waals surface area contributed by atoms with Gasteiger partial charge in [0.1, 0.15) is 0 Å². The van der Waals surface area contributed by atoms with Gasteiger partial charge in [-0.15, -0.1) is 0 Å². The number of allylic oxidation sites excluding steroid dienone is 1. The molecule has 10 heteroatoms. The molecule has 0 radical (unpaired) electrons. The molecule has 0 heterocycles. The summed E-state index contributed by atoms with van der Waals surface area (Å²) in [6.45, 7) is 9.98. The normalized spacial score (nSPS) is 32.3. The van der Waals surface area contributed by atoms with E-state index < -0.39 is 21.2 Å². The SMILES string of the molecule is C/C(=C\COP(=O)(O)OP(=O)(O)O)CC[C@H]1C(C)(C)[C@@H](C)CC[C@]1(C)O. The van der Waals surface area contributed by atoms with E-state index in [0.717, 1.165) is 24.8 Å². The number of phosphoric ester groups is 1. The molecule has 0 aliphatic heterocycles. The third-order valence-corrected chi connectivity index (χ3v) is 7.86. The Labute approximate surface area is 155 Å². The molecule has 1 rings (SSSR count). The van der Waals surface area contributed by atoms with Gasteiger partial charge in [0.15, 0.2) is 0 Å². The van der Waals surface area contributed by atoms with Gasteiger partial charge in [-0.05, 0) is 56.8 Å². The summed E-state index contributed by atoms with van der Waals surface area (Å²) in [4.78, 5) is 26.3. The molecule has 0 aromatic carbocycles. The average Bonchev–Trinajstić information content (AvgIpc) is 2.40. The van der Waals surface area contributed by atoms with Gasteiger partial charge in [0, 0.05) is 0 Å². The smallest absolute Gasteiger partial charge is 0.390 e. The molecular weight excluding hydrogens is 382 g/mol. The van der Waals surface area contributed by atoms with Gasteiger partial charge < -0.3 is 19.8 Å². The highest BCUT2D eigenvalue weighted by Gasteiger charge is 2.48. The van der Waals surface area contributed by atoms with Crippen LogP contribution in [0.25, 0.3) is 0 Å². The summed E-state index contributed by atoms with van der Waals surface area (Å²) >= 11 is 0. The Hall–Kier alpha value is -0.0400. The summed E-state index contributed by atoms with van der Waals surface area (Å²) in [7, 11) is -9.92. The quantitative estimate of drug-likeness (QED) is 0.348. The maximum Gasteiger partial charge on any atom is 0.481 e. The molecule has 0 bridgehead atoms. The van der Waals surface area contributed by atoms with Gasteiger partial charge in [0.25, 0.3) is 0 Å². The lowest BCUT2D eigenvalue weighted by atomic mass is 9.56. The molecule has 0 saturated heterocycles. The predicted octanol–water partition coefficient (Wildman–Crippen LogP) is 3.76. The van der Waals surface area contributed by atoms with Crippen LogP contribution in [-0.2, 0) is 18.0 Å². The Balaban J connectivity index is 2.62. The van der Waals surface area contributed by atoms with E-state index in [0.29, 0.717) is 12.3 Å². The van der Waals surface area contributed by atoms with Gasteiger partial charge in [0.2, 0.25) is 0 Å². The Morgan fingerprint density at radius 2 is 1.81 bits per heavy atom. The minimum Gasteiger partial charge on any atom is -0.390 e. The fourth-order valence-corrected chi connectivity index (χ4v) is 5.32. The standard InChI is InChI=1S/C16H32O8P2/c1-12(9-11-23-26(21,22)24-25(18,19)20)6-7-14-15(3,4)13(2)8-10-16(14,5)17/h9,13-14,17H,6-8,10-11H2,1-5H3,(H,21,22)(H2,18,19,20)/b12-9+/t13-,14-,16-/m0/s1. The van der Waals surface area contributed by atoms with Crippen LogP contribution in [0, 0.1) is 17.3 Å². The molecule has 0 aromatic rings. The van der Waals surface area contributed by atoms with E-state index in [9.17, 15) is 19.1 Å². The van der Waals surface area contributed by atoms with Crippen molar-refractivity contribution in [2.45, 2.75) is 65.9 Å². The zero-order valence-corrected chi connectivity index (χ0v) is 17.9. The summed E-state index contributed by atoms with van der Waals surface area (Å²) in [5.74, 6) is 0.621. The summed E-state index contributed by atoms with van der Waals surface area (Å²) in [6, 6.07) is 0. The van der Waals surface area contributed by atoms with Crippen molar-refractivity contribution in [2.75, 3.05) is 6.61 Å². The van der Waals surface area contributed by atoms with Crippen molar-refractivity contribution >= 4 is 15.6 Å². The Morgan fingerprint density at radius 3 is 2.35 bits per heavy atom. The van der Waals surface area contributed by atoms with E-state index in [1.807, 2.05) is 13.8 Å². The Kier molecular flexibility index (Phi) is 7.88. The van der Waals surface area contributed by atoms with E-state index in [-0.39, 0.29) is 17.9 Å². The van der Waals surface area contributed by atoms with E-state index in [4.69, 9.17) is 9.79 Å². The molecule has 26 heavy (non-hydrogen) atoms. The van der Waals surface area contributed by atoms with Crippen molar-refractivity contribution in [1.82, 2.24) is 0 Å². The fraction of sp³-hybridized carbons (Fsp3) is 0.875. The first-order valence-electron chi connectivity index (χ1n) is 8.69. The van der Waals surface area contributed by atoms with Crippen LogP contribution in [0.2, 0.25) is 0 Å². The van der Waals surface area contributed by atoms with Gasteiger partial charge in [-0.1, -0.05) is 32.4 Å². The maximum absolute atomic E-state index is 11.4. The van der Waals surface area contributed by atoms with Crippen LogP contribution in [0.1, 0.15) is 60.3 Å². The Morgan fingerprint density at radius 1 is 1.23 bits per heavy atom. The lowest BCUT2D eigenvalue weighted by molar-refractivity contribution is -0.114. The van der Waals surface area contributed by atoms with Gasteiger partial charge in [-0.3, -0.25) is 4.52 Å². The van der Waals surface area contributed by atoms with Crippen LogP contribution in [-0.4, -0.2) is 32.0 Å². The molecule has 1 fully saturated rings. The highest BCUT2D eigenvalue weighted by molar-refractivity contribution is 7.60. The van der Waals surface area contributed by atoms with Crippen molar-refractivity contribution in [3.63, 3.8) is 0 Å². The molecule has 1 unspecified atom stereocenters. The molecule has 4 atom stereocenters. The molecule has 4 N–H and O–H groups in total. The van der Waals surface area contributed by atoms with Crippen molar-refractivity contribution in [2.24, 2.45) is 17.3 Å². The minimum absolute atomic E-state index is 0.00339. The third-order valence-electron chi connectivity index (χ3n) is 5.71. The van der Waals surface area contributed by atoms with Crippen molar-refractivity contribution < 1.29 is 37.8 Å². The van der Waals surface area contributed by atoms with Crippen LogP contribution >= 0.6 is 15.6 Å². The molecule has 1 aliphatic carbocycles. The molecule has 1 saturated carbocycles. The minimum atomic E-state index is -5.10. The number of hydrogen-bond donors (Lipinski definition) is 4. The number of hydrogen-bond acceptors (Lipinski definition) is 5. The van der Waals surface area contributed by atoms with Gasteiger partial charge in [-0.25, -0.2) is 9.13 Å². The van der Waals surface area contributed by atoms with Gasteiger partial charge in [-0.2, -0.15) is 4.31 Å².